The van der Waals surface area contributed by atoms with Gasteiger partial charge in [-0.25, -0.2) is 0 Å². The summed E-state index contributed by atoms with van der Waals surface area (Å²) >= 11 is 7.05. The van der Waals surface area contributed by atoms with Gasteiger partial charge in [0.15, 0.2) is 5.71 Å². The van der Waals surface area contributed by atoms with Crippen molar-refractivity contribution in [2.45, 2.75) is 43.4 Å². The Hall–Kier alpha value is -5.43. The van der Waals surface area contributed by atoms with Crippen LogP contribution in [-0.2, 0) is 23.7 Å². The summed E-state index contributed by atoms with van der Waals surface area (Å²) in [6.45, 7) is 6.22. The van der Waals surface area contributed by atoms with Crippen molar-refractivity contribution in [2.24, 2.45) is 0 Å². The average molecular weight is 671 g/mol. The van der Waals surface area contributed by atoms with Crippen LogP contribution in [0.1, 0.15) is 47.6 Å². The lowest BCUT2D eigenvalue weighted by atomic mass is 9.68. The third-order valence-electron chi connectivity index (χ3n) is 10.6. The summed E-state index contributed by atoms with van der Waals surface area (Å²) in [7, 11) is 2.19. The van der Waals surface area contributed by atoms with Crippen molar-refractivity contribution in [2.75, 3.05) is 12.4 Å². The summed E-state index contributed by atoms with van der Waals surface area (Å²) in [4.78, 5) is 0. The minimum atomic E-state index is -0.341. The van der Waals surface area contributed by atoms with Gasteiger partial charge in [0.25, 0.3) is 0 Å². The number of nitriles is 1. The van der Waals surface area contributed by atoms with E-state index in [1.807, 2.05) is 36.4 Å². The molecule has 2 aliphatic rings. The molecule has 0 radical (unpaired) electrons. The molecule has 0 spiro atoms. The fourth-order valence-corrected chi connectivity index (χ4v) is 8.20. The average Bonchev–Trinajstić information content (AvgIpc) is 3.56. The maximum atomic E-state index is 9.55. The summed E-state index contributed by atoms with van der Waals surface area (Å²) < 4.78 is 2.37. The molecule has 0 aliphatic carbocycles. The molecule has 0 fully saturated rings. The first kappa shape index (κ1) is 33.1. The zero-order valence-electron chi connectivity index (χ0n) is 28.7. The van der Waals surface area contributed by atoms with Crippen molar-refractivity contribution in [3.05, 3.63) is 191 Å². The molecule has 2 unspecified atom stereocenters. The molecule has 5 aromatic rings. The van der Waals surface area contributed by atoms with E-state index in [1.54, 1.807) is 0 Å². The second kappa shape index (κ2) is 13.8. The van der Waals surface area contributed by atoms with E-state index in [1.165, 1.54) is 38.9 Å². The summed E-state index contributed by atoms with van der Waals surface area (Å²) in [6, 6.07) is 43.1. The van der Waals surface area contributed by atoms with Gasteiger partial charge in [-0.05, 0) is 103 Å². The summed E-state index contributed by atoms with van der Waals surface area (Å²) in [5, 5.41) is 16.3. The van der Waals surface area contributed by atoms with Gasteiger partial charge in [-0.3, -0.25) is 0 Å². The SMILES string of the molecule is C=CCC1(C)\C(=C/C=C(Cl)/C=C/C2=[N+](C)c3ccc4ccccc4c3C2(CCc2ccccc2)Cc2ccccc2)Nc2ccc(C#N)cc21. The lowest BCUT2D eigenvalue weighted by molar-refractivity contribution is -0.401. The van der Waals surface area contributed by atoms with Crippen molar-refractivity contribution in [3.8, 4) is 6.07 Å². The number of rotatable bonds is 10. The lowest BCUT2D eigenvalue weighted by Crippen LogP contribution is -2.37. The van der Waals surface area contributed by atoms with E-state index in [0.717, 1.165) is 42.6 Å². The highest BCUT2D eigenvalue weighted by molar-refractivity contribution is 6.31. The summed E-state index contributed by atoms with van der Waals surface area (Å²) in [5.74, 6) is 0. The quantitative estimate of drug-likeness (QED) is 0.0912. The van der Waals surface area contributed by atoms with Gasteiger partial charge in [0, 0.05) is 39.5 Å². The van der Waals surface area contributed by atoms with Crippen molar-refractivity contribution in [1.82, 2.24) is 0 Å². The number of halogens is 1. The van der Waals surface area contributed by atoms with E-state index < -0.39 is 0 Å². The number of allylic oxidation sites excluding steroid dienone is 7. The molecule has 2 aliphatic heterocycles. The predicted molar refractivity (Wildman–Crippen MR) is 209 cm³/mol. The first-order chi connectivity index (χ1) is 24.4. The Morgan fingerprint density at radius 1 is 0.920 bits per heavy atom. The molecule has 0 saturated carbocycles. The van der Waals surface area contributed by atoms with Crippen molar-refractivity contribution < 1.29 is 4.58 Å². The van der Waals surface area contributed by atoms with Crippen LogP contribution in [0, 0.1) is 11.3 Å². The van der Waals surface area contributed by atoms with Crippen molar-refractivity contribution in [1.29, 1.82) is 5.26 Å². The van der Waals surface area contributed by atoms with Crippen molar-refractivity contribution >= 4 is 39.5 Å². The third kappa shape index (κ3) is 6.02. The number of hydrogen-bond donors (Lipinski definition) is 1. The van der Waals surface area contributed by atoms with Gasteiger partial charge in [0.1, 0.15) is 7.05 Å². The molecule has 3 nitrogen and oxygen atoms in total. The second-order valence-electron chi connectivity index (χ2n) is 13.6. The highest BCUT2D eigenvalue weighted by Crippen LogP contribution is 2.49. The maximum Gasteiger partial charge on any atom is 0.210 e. The van der Waals surface area contributed by atoms with Crippen LogP contribution >= 0.6 is 11.6 Å². The van der Waals surface area contributed by atoms with Gasteiger partial charge in [-0.1, -0.05) is 103 Å². The predicted octanol–water partition coefficient (Wildman–Crippen LogP) is 11.1. The topological polar surface area (TPSA) is 38.8 Å². The third-order valence-corrected chi connectivity index (χ3v) is 10.9. The number of aryl methyl sites for hydroxylation is 1. The van der Waals surface area contributed by atoms with E-state index in [9.17, 15) is 5.26 Å². The van der Waals surface area contributed by atoms with Gasteiger partial charge in [0.05, 0.1) is 17.0 Å². The Bertz CT molecular complexity index is 2250. The Balaban J connectivity index is 1.32. The minimum absolute atomic E-state index is 0.302. The van der Waals surface area contributed by atoms with Crippen LogP contribution in [0.3, 0.4) is 0 Å². The molecule has 0 bridgehead atoms. The van der Waals surface area contributed by atoms with Gasteiger partial charge in [0.2, 0.25) is 5.69 Å². The number of benzene rings is 5. The summed E-state index contributed by atoms with van der Waals surface area (Å²) in [5.41, 5.74) is 9.63. The smallest absolute Gasteiger partial charge is 0.210 e. The highest BCUT2D eigenvalue weighted by Gasteiger charge is 2.51. The van der Waals surface area contributed by atoms with Crippen LogP contribution in [0.25, 0.3) is 10.8 Å². The molecule has 246 valence electrons. The number of hydrogen-bond acceptors (Lipinski definition) is 2. The molecule has 4 heteroatoms. The molecule has 2 heterocycles. The molecule has 7 rings (SSSR count). The van der Waals surface area contributed by atoms with Gasteiger partial charge in [-0.15, -0.1) is 6.58 Å². The first-order valence-electron chi connectivity index (χ1n) is 17.3. The number of nitrogens with one attached hydrogen (secondary N) is 1. The van der Waals surface area contributed by atoms with E-state index in [0.29, 0.717) is 10.6 Å². The largest absolute Gasteiger partial charge is 0.358 e. The van der Waals surface area contributed by atoms with Crippen LogP contribution in [-0.4, -0.2) is 17.3 Å². The molecule has 50 heavy (non-hydrogen) atoms. The molecular formula is C46H41ClN3+. The van der Waals surface area contributed by atoms with Crippen LogP contribution in [0.5, 0.6) is 0 Å². The maximum absolute atomic E-state index is 9.55. The van der Waals surface area contributed by atoms with Gasteiger partial charge in [-0.2, -0.15) is 9.84 Å². The number of fused-ring (bicyclic) bond motifs is 4. The van der Waals surface area contributed by atoms with Crippen molar-refractivity contribution in [3.63, 3.8) is 0 Å². The lowest BCUT2D eigenvalue weighted by Gasteiger charge is -2.29. The minimum Gasteiger partial charge on any atom is -0.358 e. The highest BCUT2D eigenvalue weighted by atomic mass is 35.5. The summed E-state index contributed by atoms with van der Waals surface area (Å²) in [6.07, 6.45) is 13.7. The molecule has 2 atom stereocenters. The van der Waals surface area contributed by atoms with E-state index in [2.05, 4.69) is 146 Å². The number of anilines is 1. The molecule has 0 amide bonds. The van der Waals surface area contributed by atoms with Crippen LogP contribution in [0.15, 0.2) is 163 Å². The fourth-order valence-electron chi connectivity index (χ4n) is 8.08. The van der Waals surface area contributed by atoms with Gasteiger partial charge < -0.3 is 5.32 Å². The standard InChI is InChI=1S/C46H40ClN3/c1-4-28-45(2)39-30-35(32-48)19-23-40(39)49-42(45)25-21-37(47)22-26-43-46(31-34-15-9-6-10-16-34,29-27-33-13-7-5-8-14-33)44-38-18-12-11-17-36(38)20-24-41(44)50(43)3/h4-26,30H,1,27-29,31H2,2-3H3/p+1. The normalized spacial score (nSPS) is 20.6. The zero-order valence-corrected chi connectivity index (χ0v) is 29.4. The Morgan fingerprint density at radius 3 is 2.38 bits per heavy atom. The molecule has 0 aromatic heterocycles. The van der Waals surface area contributed by atoms with Crippen LogP contribution in [0.4, 0.5) is 11.4 Å². The fraction of sp³-hybridized carbons (Fsp3) is 0.174. The Morgan fingerprint density at radius 2 is 1.64 bits per heavy atom. The second-order valence-corrected chi connectivity index (χ2v) is 14.1. The monoisotopic (exact) mass is 670 g/mol. The molecule has 1 N–H and O–H groups in total. The van der Waals surface area contributed by atoms with Crippen LogP contribution < -0.4 is 5.32 Å². The first-order valence-corrected chi connectivity index (χ1v) is 17.6. The van der Waals surface area contributed by atoms with Crippen LogP contribution in [0.2, 0.25) is 0 Å². The molecule has 5 aromatic carbocycles. The van der Waals surface area contributed by atoms with E-state index >= 15 is 0 Å². The van der Waals surface area contributed by atoms with Gasteiger partial charge >= 0.3 is 0 Å². The molecule has 0 saturated heterocycles. The Kier molecular flexibility index (Phi) is 9.15. The molecular weight excluding hydrogens is 630 g/mol. The Labute approximate surface area is 300 Å². The zero-order chi connectivity index (χ0) is 34.7. The number of nitrogens with zero attached hydrogens (tertiary/aromatic N) is 2. The van der Waals surface area contributed by atoms with E-state index in [4.69, 9.17) is 11.6 Å². The van der Waals surface area contributed by atoms with E-state index in [-0.39, 0.29) is 10.8 Å².